The van der Waals surface area contributed by atoms with Crippen LogP contribution in [0.4, 0.5) is 5.69 Å². The molecule has 115 valence electrons. The van der Waals surface area contributed by atoms with Gasteiger partial charge in [0, 0.05) is 0 Å². The van der Waals surface area contributed by atoms with Crippen LogP contribution in [0.5, 0.6) is 0 Å². The standard InChI is InChI=1S/C13H17N2O5Se/c16-6-8-9(17)10(18)11(19)12(20-8)15-13(21)14-7-4-2-1-3-5-7/h1-5,8-12,16-19H,6H2,(H,14,15)/t8-,9-,10+,11-,12-/m1/s1. The first-order valence-electron chi connectivity index (χ1n) is 6.40. The number of benzene rings is 1. The number of anilines is 1. The molecule has 1 radical (unpaired) electrons. The number of hydrogen-bond acceptors (Lipinski definition) is 6. The van der Waals surface area contributed by atoms with Crippen LogP contribution in [0.25, 0.3) is 0 Å². The molecule has 1 aromatic carbocycles. The van der Waals surface area contributed by atoms with Crippen molar-refractivity contribution in [1.82, 2.24) is 0 Å². The zero-order valence-corrected chi connectivity index (χ0v) is 12.7. The molecule has 1 heterocycles. The number of amidine groups is 1. The molecule has 2 rings (SSSR count). The van der Waals surface area contributed by atoms with E-state index in [9.17, 15) is 15.3 Å². The number of aliphatic hydroxyl groups excluding tert-OH is 4. The average molecular weight is 360 g/mol. The van der Waals surface area contributed by atoms with Crippen LogP contribution in [0.1, 0.15) is 0 Å². The van der Waals surface area contributed by atoms with Gasteiger partial charge in [0.25, 0.3) is 0 Å². The first-order valence-corrected chi connectivity index (χ1v) is 7.26. The summed E-state index contributed by atoms with van der Waals surface area (Å²) >= 11 is 2.69. The third kappa shape index (κ3) is 4.02. The van der Waals surface area contributed by atoms with E-state index in [0.29, 0.717) is 4.73 Å². The fourth-order valence-electron chi connectivity index (χ4n) is 1.98. The number of nitrogens with one attached hydrogen (secondary N) is 1. The van der Waals surface area contributed by atoms with Crippen molar-refractivity contribution in [3.8, 4) is 0 Å². The van der Waals surface area contributed by atoms with E-state index in [1.54, 1.807) is 0 Å². The van der Waals surface area contributed by atoms with Gasteiger partial charge in [-0.25, -0.2) is 0 Å². The predicted molar refractivity (Wildman–Crippen MR) is 77.0 cm³/mol. The van der Waals surface area contributed by atoms with E-state index in [4.69, 9.17) is 9.84 Å². The van der Waals surface area contributed by atoms with Gasteiger partial charge in [0.2, 0.25) is 0 Å². The molecule has 0 spiro atoms. The number of ether oxygens (including phenoxy) is 1. The molecule has 1 aliphatic rings. The number of rotatable bonds is 3. The normalized spacial score (nSPS) is 33.7. The molecular formula is C13H17N2O5Se. The molecule has 1 aliphatic heterocycles. The van der Waals surface area contributed by atoms with Crippen molar-refractivity contribution >= 4 is 26.4 Å². The Hall–Kier alpha value is -0.991. The number of aliphatic imine (C=N–C) groups is 1. The maximum absolute atomic E-state index is 9.87. The van der Waals surface area contributed by atoms with Crippen molar-refractivity contribution in [3.05, 3.63) is 30.3 Å². The molecule has 1 saturated heterocycles. The molecule has 0 unspecified atom stereocenters. The summed E-state index contributed by atoms with van der Waals surface area (Å²) in [7, 11) is 0. The van der Waals surface area contributed by atoms with Gasteiger partial charge in [0.15, 0.2) is 0 Å². The second kappa shape index (κ2) is 7.33. The molecule has 5 atom stereocenters. The Labute approximate surface area is 130 Å². The summed E-state index contributed by atoms with van der Waals surface area (Å²) in [6.45, 7) is -0.480. The first kappa shape index (κ1) is 16.4. The quantitative estimate of drug-likeness (QED) is 0.253. The molecule has 0 aromatic heterocycles. The van der Waals surface area contributed by atoms with Crippen molar-refractivity contribution in [1.29, 1.82) is 0 Å². The summed E-state index contributed by atoms with van der Waals surface area (Å²) in [5, 5.41) is 41.3. The number of hydrogen-bond donors (Lipinski definition) is 5. The Balaban J connectivity index is 2.07. The van der Waals surface area contributed by atoms with Crippen molar-refractivity contribution in [2.24, 2.45) is 4.99 Å². The van der Waals surface area contributed by atoms with Crippen molar-refractivity contribution in [2.75, 3.05) is 11.9 Å². The fraction of sp³-hybridized carbons (Fsp3) is 0.462. The van der Waals surface area contributed by atoms with Gasteiger partial charge in [-0.05, 0) is 0 Å². The maximum atomic E-state index is 9.87. The third-order valence-corrected chi connectivity index (χ3v) is 3.57. The van der Waals surface area contributed by atoms with E-state index in [1.807, 2.05) is 30.3 Å². The Morgan fingerprint density at radius 3 is 2.43 bits per heavy atom. The molecular weight excluding hydrogens is 343 g/mol. The van der Waals surface area contributed by atoms with E-state index in [0.717, 1.165) is 5.69 Å². The first-order chi connectivity index (χ1) is 10.0. The molecule has 0 aliphatic carbocycles. The van der Waals surface area contributed by atoms with Gasteiger partial charge < -0.3 is 0 Å². The summed E-state index contributed by atoms with van der Waals surface area (Å²) < 4.78 is 5.63. The van der Waals surface area contributed by atoms with Gasteiger partial charge >= 0.3 is 129 Å². The summed E-state index contributed by atoms with van der Waals surface area (Å²) in [6, 6.07) is 9.24. The second-order valence-electron chi connectivity index (χ2n) is 4.64. The molecule has 7 nitrogen and oxygen atoms in total. The summed E-state index contributed by atoms with van der Waals surface area (Å²) in [6.07, 6.45) is -6.27. The van der Waals surface area contributed by atoms with Crippen LogP contribution >= 0.6 is 0 Å². The number of para-hydroxylation sites is 1. The molecule has 1 aromatic rings. The zero-order valence-electron chi connectivity index (χ0n) is 11.0. The number of aliphatic hydroxyl groups is 4. The van der Waals surface area contributed by atoms with Gasteiger partial charge in [0.1, 0.15) is 0 Å². The molecule has 0 saturated carbocycles. The van der Waals surface area contributed by atoms with Gasteiger partial charge in [-0.1, -0.05) is 0 Å². The van der Waals surface area contributed by atoms with Gasteiger partial charge in [-0.15, -0.1) is 0 Å². The van der Waals surface area contributed by atoms with Crippen LogP contribution in [0.3, 0.4) is 0 Å². The monoisotopic (exact) mass is 361 g/mol. The Bertz CT molecular complexity index is 485. The fourth-order valence-corrected chi connectivity index (χ4v) is 2.45. The molecule has 0 amide bonds. The van der Waals surface area contributed by atoms with Crippen LogP contribution in [0.2, 0.25) is 0 Å². The van der Waals surface area contributed by atoms with Crippen LogP contribution in [0, 0.1) is 0 Å². The molecule has 8 heteroatoms. The minimum absolute atomic E-state index is 0.352. The summed E-state index contributed by atoms with van der Waals surface area (Å²) in [5.74, 6) is 0. The van der Waals surface area contributed by atoms with E-state index in [-0.39, 0.29) is 0 Å². The number of nitrogens with zero attached hydrogens (tertiary/aromatic N) is 1. The SMILES string of the molecule is OC[C@H]1O[C@@H](/N=C(\[Se])Nc2ccccc2)[C@H](O)[C@@H](O)[C@@H]1O. The second-order valence-corrected chi connectivity index (χ2v) is 5.46. The van der Waals surface area contributed by atoms with E-state index in [2.05, 4.69) is 26.3 Å². The van der Waals surface area contributed by atoms with Gasteiger partial charge in [0.05, 0.1) is 0 Å². The molecule has 0 bridgehead atoms. The Morgan fingerprint density at radius 1 is 1.14 bits per heavy atom. The van der Waals surface area contributed by atoms with Crippen LogP contribution in [-0.4, -0.2) is 78.4 Å². The Kier molecular flexibility index (Phi) is 5.72. The Morgan fingerprint density at radius 2 is 1.81 bits per heavy atom. The van der Waals surface area contributed by atoms with Crippen LogP contribution in [0.15, 0.2) is 35.3 Å². The van der Waals surface area contributed by atoms with Crippen molar-refractivity contribution < 1.29 is 25.2 Å². The van der Waals surface area contributed by atoms with Crippen LogP contribution < -0.4 is 5.32 Å². The third-order valence-electron chi connectivity index (χ3n) is 3.14. The van der Waals surface area contributed by atoms with Gasteiger partial charge in [-0.3, -0.25) is 0 Å². The van der Waals surface area contributed by atoms with E-state index in [1.165, 1.54) is 0 Å². The van der Waals surface area contributed by atoms with Crippen LogP contribution in [-0.2, 0) is 4.74 Å². The van der Waals surface area contributed by atoms with E-state index >= 15 is 0 Å². The summed E-state index contributed by atoms with van der Waals surface area (Å²) in [4.78, 5) is 4.09. The summed E-state index contributed by atoms with van der Waals surface area (Å²) in [5.41, 5.74) is 0.791. The van der Waals surface area contributed by atoms with Gasteiger partial charge in [-0.2, -0.15) is 0 Å². The average Bonchev–Trinajstić information content (AvgIpc) is 2.49. The molecule has 5 N–H and O–H groups in total. The zero-order chi connectivity index (χ0) is 15.4. The molecule has 21 heavy (non-hydrogen) atoms. The van der Waals surface area contributed by atoms with Crippen molar-refractivity contribution in [2.45, 2.75) is 30.6 Å². The van der Waals surface area contributed by atoms with Crippen molar-refractivity contribution in [3.63, 3.8) is 0 Å². The topological polar surface area (TPSA) is 115 Å². The molecule has 1 fully saturated rings. The minimum atomic E-state index is -1.44. The predicted octanol–water partition coefficient (Wildman–Crippen LogP) is -1.58. The van der Waals surface area contributed by atoms with E-state index < -0.39 is 37.3 Å².